The number of nitrogens with zero attached hydrogens (tertiary/aromatic N) is 4. The predicted octanol–water partition coefficient (Wildman–Crippen LogP) is 2.44. The van der Waals surface area contributed by atoms with Crippen molar-refractivity contribution in [3.63, 3.8) is 0 Å². The SMILES string of the molecule is N#Cc1ccc(N(C(N)=O)C2[C@H]3CCc4cc(C#N)ccc4[C@@H]23)nc1. The molecule has 2 aliphatic rings. The lowest BCUT2D eigenvalue weighted by Gasteiger charge is -2.20. The van der Waals surface area contributed by atoms with E-state index in [1.54, 1.807) is 17.0 Å². The van der Waals surface area contributed by atoms with Crippen LogP contribution < -0.4 is 10.6 Å². The molecule has 1 aromatic carbocycles. The Labute approximate surface area is 145 Å². The van der Waals surface area contributed by atoms with Crippen LogP contribution in [0.25, 0.3) is 0 Å². The van der Waals surface area contributed by atoms with Gasteiger partial charge in [0.1, 0.15) is 11.9 Å². The molecule has 2 N–H and O–H groups in total. The van der Waals surface area contributed by atoms with E-state index in [2.05, 4.69) is 11.1 Å². The second kappa shape index (κ2) is 5.61. The summed E-state index contributed by atoms with van der Waals surface area (Å²) in [4.78, 5) is 17.9. The Balaban J connectivity index is 1.68. The molecule has 0 bridgehead atoms. The highest BCUT2D eigenvalue weighted by molar-refractivity contribution is 5.91. The number of hydrogen-bond donors (Lipinski definition) is 1. The van der Waals surface area contributed by atoms with Crippen molar-refractivity contribution < 1.29 is 4.79 Å². The molecule has 0 saturated heterocycles. The van der Waals surface area contributed by atoms with Crippen LogP contribution in [0.1, 0.15) is 34.6 Å². The van der Waals surface area contributed by atoms with Crippen molar-refractivity contribution in [2.24, 2.45) is 11.7 Å². The van der Waals surface area contributed by atoms with Crippen molar-refractivity contribution in [1.29, 1.82) is 10.5 Å². The number of carbonyl (C=O) groups excluding carboxylic acids is 1. The fraction of sp³-hybridized carbons (Fsp3) is 0.263. The highest BCUT2D eigenvalue weighted by Gasteiger charge is 2.57. The van der Waals surface area contributed by atoms with Gasteiger partial charge in [-0.1, -0.05) is 6.07 Å². The minimum atomic E-state index is -0.535. The summed E-state index contributed by atoms with van der Waals surface area (Å²) < 4.78 is 0. The molecule has 25 heavy (non-hydrogen) atoms. The third-order valence-corrected chi connectivity index (χ3v) is 5.16. The molecular formula is C19H15N5O. The zero-order valence-electron chi connectivity index (χ0n) is 13.4. The summed E-state index contributed by atoms with van der Waals surface area (Å²) in [6.45, 7) is 0. The van der Waals surface area contributed by atoms with Crippen molar-refractivity contribution in [1.82, 2.24) is 4.98 Å². The van der Waals surface area contributed by atoms with Gasteiger partial charge in [-0.05, 0) is 54.2 Å². The Kier molecular flexibility index (Phi) is 3.40. The molecule has 6 nitrogen and oxygen atoms in total. The Morgan fingerprint density at radius 2 is 1.96 bits per heavy atom. The third kappa shape index (κ3) is 2.40. The maximum atomic E-state index is 12.1. The summed E-state index contributed by atoms with van der Waals surface area (Å²) >= 11 is 0. The minimum Gasteiger partial charge on any atom is -0.351 e. The van der Waals surface area contributed by atoms with Crippen LogP contribution >= 0.6 is 0 Å². The minimum absolute atomic E-state index is 0.0212. The van der Waals surface area contributed by atoms with Crippen LogP contribution in [0.5, 0.6) is 0 Å². The number of rotatable bonds is 2. The van der Waals surface area contributed by atoms with Gasteiger partial charge in [0.15, 0.2) is 0 Å². The Morgan fingerprint density at radius 3 is 2.60 bits per heavy atom. The van der Waals surface area contributed by atoms with Crippen LogP contribution in [0, 0.1) is 28.6 Å². The lowest BCUT2D eigenvalue weighted by molar-refractivity contribution is 0.253. The second-order valence-electron chi connectivity index (χ2n) is 6.47. The normalized spacial score (nSPS) is 22.7. The maximum Gasteiger partial charge on any atom is 0.320 e. The number of pyridine rings is 1. The number of anilines is 1. The van der Waals surface area contributed by atoms with Gasteiger partial charge in [0.05, 0.1) is 23.2 Å². The van der Waals surface area contributed by atoms with Crippen LogP contribution in [-0.2, 0) is 6.42 Å². The van der Waals surface area contributed by atoms with Gasteiger partial charge in [-0.15, -0.1) is 0 Å². The van der Waals surface area contributed by atoms with E-state index in [4.69, 9.17) is 16.3 Å². The van der Waals surface area contributed by atoms with Gasteiger partial charge in [0.2, 0.25) is 0 Å². The molecule has 1 fully saturated rings. The smallest absolute Gasteiger partial charge is 0.320 e. The first-order chi connectivity index (χ1) is 12.1. The number of nitrogens with two attached hydrogens (primary N) is 1. The molecule has 122 valence electrons. The van der Waals surface area contributed by atoms with Crippen LogP contribution in [0.3, 0.4) is 0 Å². The van der Waals surface area contributed by atoms with Gasteiger partial charge in [-0.2, -0.15) is 10.5 Å². The van der Waals surface area contributed by atoms with Gasteiger partial charge in [-0.3, -0.25) is 4.90 Å². The van der Waals surface area contributed by atoms with Crippen LogP contribution in [0.4, 0.5) is 10.6 Å². The van der Waals surface area contributed by atoms with E-state index >= 15 is 0 Å². The zero-order chi connectivity index (χ0) is 17.6. The number of aromatic nitrogens is 1. The fourth-order valence-electron chi connectivity index (χ4n) is 4.02. The van der Waals surface area contributed by atoms with Crippen molar-refractivity contribution in [2.75, 3.05) is 4.90 Å². The lowest BCUT2D eigenvalue weighted by Crippen LogP contribution is -2.39. The number of primary amides is 1. The molecule has 1 aromatic heterocycles. The average molecular weight is 329 g/mol. The summed E-state index contributed by atoms with van der Waals surface area (Å²) in [5.74, 6) is 1.05. The Hall–Kier alpha value is -3.38. The molecule has 1 heterocycles. The quantitative estimate of drug-likeness (QED) is 0.913. The van der Waals surface area contributed by atoms with Crippen molar-refractivity contribution in [3.05, 3.63) is 58.8 Å². The largest absolute Gasteiger partial charge is 0.351 e. The van der Waals surface area contributed by atoms with Crippen molar-refractivity contribution >= 4 is 11.8 Å². The summed E-state index contributed by atoms with van der Waals surface area (Å²) in [5, 5.41) is 18.0. The monoisotopic (exact) mass is 329 g/mol. The molecule has 2 aromatic rings. The molecular weight excluding hydrogens is 314 g/mol. The Bertz CT molecular complexity index is 938. The first kappa shape index (κ1) is 15.2. The van der Waals surface area contributed by atoms with E-state index in [0.29, 0.717) is 22.9 Å². The van der Waals surface area contributed by atoms with Crippen LogP contribution in [-0.4, -0.2) is 17.1 Å². The average Bonchev–Trinajstić information content (AvgIpc) is 3.36. The molecule has 0 spiro atoms. The van der Waals surface area contributed by atoms with E-state index in [0.717, 1.165) is 12.8 Å². The first-order valence-corrected chi connectivity index (χ1v) is 8.12. The lowest BCUT2D eigenvalue weighted by atomic mass is 9.90. The topological polar surface area (TPSA) is 107 Å². The van der Waals surface area contributed by atoms with E-state index in [-0.39, 0.29) is 12.0 Å². The molecule has 0 aliphatic heterocycles. The van der Waals surface area contributed by atoms with Crippen molar-refractivity contribution in [2.45, 2.75) is 24.8 Å². The number of fused-ring (bicyclic) bond motifs is 3. The van der Waals surface area contributed by atoms with Gasteiger partial charge in [-0.25, -0.2) is 9.78 Å². The number of nitriles is 2. The highest BCUT2D eigenvalue weighted by atomic mass is 16.2. The standard InChI is InChI=1S/C19H15N5O/c20-8-11-1-4-14-13(7-11)3-5-15-17(14)18(15)24(19(22)25)16-6-2-12(9-21)10-23-16/h1-2,4,6-7,10,15,17-18H,3,5H2,(H2,22,25)/t15-,17+,18?/m0/s1. The summed E-state index contributed by atoms with van der Waals surface area (Å²) in [5.41, 5.74) is 9.12. The molecule has 6 heteroatoms. The summed E-state index contributed by atoms with van der Waals surface area (Å²) in [6, 6.07) is 12.7. The third-order valence-electron chi connectivity index (χ3n) is 5.16. The number of hydrogen-bond acceptors (Lipinski definition) is 4. The number of aryl methyl sites for hydroxylation is 1. The zero-order valence-corrected chi connectivity index (χ0v) is 13.4. The number of urea groups is 1. The van der Waals surface area contributed by atoms with Crippen molar-refractivity contribution in [3.8, 4) is 12.1 Å². The summed E-state index contributed by atoms with van der Waals surface area (Å²) in [7, 11) is 0. The molecule has 2 aliphatic carbocycles. The van der Waals surface area contributed by atoms with E-state index in [1.165, 1.54) is 17.3 Å². The number of benzene rings is 1. The van der Waals surface area contributed by atoms with Gasteiger partial charge < -0.3 is 5.73 Å². The fourth-order valence-corrected chi connectivity index (χ4v) is 4.02. The van der Waals surface area contributed by atoms with Gasteiger partial charge >= 0.3 is 6.03 Å². The van der Waals surface area contributed by atoms with Crippen LogP contribution in [0.15, 0.2) is 36.5 Å². The molecule has 1 saturated carbocycles. The number of carbonyl (C=O) groups is 1. The van der Waals surface area contributed by atoms with Crippen LogP contribution in [0.2, 0.25) is 0 Å². The van der Waals surface area contributed by atoms with E-state index in [1.807, 2.05) is 24.3 Å². The van der Waals surface area contributed by atoms with Gasteiger partial charge in [0, 0.05) is 12.1 Å². The highest BCUT2D eigenvalue weighted by Crippen LogP contribution is 2.57. The number of amides is 2. The molecule has 2 amide bonds. The summed E-state index contributed by atoms with van der Waals surface area (Å²) in [6.07, 6.45) is 3.30. The molecule has 0 radical (unpaired) electrons. The first-order valence-electron chi connectivity index (χ1n) is 8.12. The van der Waals surface area contributed by atoms with E-state index in [9.17, 15) is 4.79 Å². The Morgan fingerprint density at radius 1 is 1.20 bits per heavy atom. The van der Waals surface area contributed by atoms with Gasteiger partial charge in [0.25, 0.3) is 0 Å². The molecule has 4 rings (SSSR count). The van der Waals surface area contributed by atoms with E-state index < -0.39 is 6.03 Å². The second-order valence-corrected chi connectivity index (χ2v) is 6.47. The molecule has 3 atom stereocenters. The maximum absolute atomic E-state index is 12.1. The predicted molar refractivity (Wildman–Crippen MR) is 90.5 cm³/mol. The molecule has 1 unspecified atom stereocenters.